The number of nitrogens with two attached hydrogens (primary N) is 1. The highest BCUT2D eigenvalue weighted by Crippen LogP contribution is 2.48. The minimum atomic E-state index is -0.560. The fraction of sp³-hybridized carbons (Fsp3) is 0. The summed E-state index contributed by atoms with van der Waals surface area (Å²) in [4.78, 5) is 37.6. The molecule has 8 heteroatoms. The number of hydrogen-bond acceptors (Lipinski definition) is 4. The van der Waals surface area contributed by atoms with Crippen LogP contribution in [-0.2, 0) is 0 Å². The van der Waals surface area contributed by atoms with Gasteiger partial charge in [0.25, 0.3) is 11.4 Å². The lowest BCUT2D eigenvalue weighted by molar-refractivity contribution is 0.1000. The Bertz CT molecular complexity index is 1760. The van der Waals surface area contributed by atoms with Crippen molar-refractivity contribution in [1.82, 2.24) is 14.5 Å². The summed E-state index contributed by atoms with van der Waals surface area (Å²) in [6, 6.07) is 32.0. The van der Waals surface area contributed by atoms with Crippen molar-refractivity contribution in [3.63, 3.8) is 0 Å². The van der Waals surface area contributed by atoms with Crippen LogP contribution in [0.2, 0.25) is 5.02 Å². The Hall–Kier alpha value is -4.85. The number of H-pyrrole nitrogens is 1. The van der Waals surface area contributed by atoms with Gasteiger partial charge in [-0.25, -0.2) is 0 Å². The molecule has 2 heterocycles. The highest BCUT2D eigenvalue weighted by molar-refractivity contribution is 6.30. The van der Waals surface area contributed by atoms with Gasteiger partial charge in [-0.1, -0.05) is 72.3 Å². The fourth-order valence-electron chi connectivity index (χ4n) is 4.69. The van der Waals surface area contributed by atoms with Crippen LogP contribution in [0.15, 0.2) is 113 Å². The minimum absolute atomic E-state index is 0.118. The molecule has 184 valence electrons. The molecule has 0 spiro atoms. The summed E-state index contributed by atoms with van der Waals surface area (Å²) < 4.78 is -0.118. The number of primary amides is 1. The van der Waals surface area contributed by atoms with Crippen LogP contribution in [0.5, 0.6) is 0 Å². The third-order valence-corrected chi connectivity index (χ3v) is 6.86. The summed E-state index contributed by atoms with van der Waals surface area (Å²) in [6.45, 7) is 0. The van der Waals surface area contributed by atoms with E-state index in [0.29, 0.717) is 27.9 Å². The number of nitrogens with one attached hydrogen (secondary N) is 1. The number of rotatable bonds is 5. The molecule has 1 aromatic heterocycles. The average molecular weight is 519 g/mol. The third-order valence-electron chi connectivity index (χ3n) is 6.61. The largest absolute Gasteiger partial charge is 0.366 e. The second-order valence-electron chi connectivity index (χ2n) is 8.89. The van der Waals surface area contributed by atoms with E-state index < -0.39 is 5.91 Å². The lowest BCUT2D eigenvalue weighted by Crippen LogP contribution is -2.36. The maximum Gasteiger partial charge on any atom is 0.283 e. The number of aliphatic imine (C=N–C) groups is 1. The van der Waals surface area contributed by atoms with Gasteiger partial charge in [-0.2, -0.15) is 14.5 Å². The van der Waals surface area contributed by atoms with E-state index in [0.717, 1.165) is 22.4 Å². The van der Waals surface area contributed by atoms with Crippen molar-refractivity contribution in [3.05, 3.63) is 124 Å². The van der Waals surface area contributed by atoms with E-state index in [1.54, 1.807) is 36.7 Å². The van der Waals surface area contributed by atoms with E-state index in [2.05, 4.69) is 9.98 Å². The second kappa shape index (κ2) is 9.23. The van der Waals surface area contributed by atoms with Gasteiger partial charge < -0.3 is 10.7 Å². The van der Waals surface area contributed by atoms with Crippen LogP contribution in [-0.4, -0.2) is 22.2 Å². The molecule has 0 fully saturated rings. The number of carbonyl (C=O) groups is 1. The molecule has 4 aromatic carbocycles. The third kappa shape index (κ3) is 3.91. The first-order chi connectivity index (χ1) is 18.5. The van der Waals surface area contributed by atoms with Crippen molar-refractivity contribution in [2.24, 2.45) is 10.7 Å². The summed E-state index contributed by atoms with van der Waals surface area (Å²) in [5, 5.41) is 0.562. The number of aromatic nitrogens is 2. The molecule has 0 saturated heterocycles. The molecule has 1 aliphatic rings. The van der Waals surface area contributed by atoms with Crippen molar-refractivity contribution >= 4 is 46.7 Å². The number of carbonyl (C=O) groups excluding carboxylic acids is 1. The Morgan fingerprint density at radius 3 is 2.18 bits per heavy atom. The van der Waals surface area contributed by atoms with E-state index >= 15 is 0 Å². The highest BCUT2D eigenvalue weighted by Gasteiger charge is 2.45. The summed E-state index contributed by atoms with van der Waals surface area (Å²) in [7, 11) is 0. The molecule has 3 N–H and O–H groups in total. The van der Waals surface area contributed by atoms with Gasteiger partial charge in [0.1, 0.15) is 11.5 Å². The summed E-state index contributed by atoms with van der Waals surface area (Å²) >= 11 is 6.19. The first-order valence-corrected chi connectivity index (χ1v) is 12.2. The van der Waals surface area contributed by atoms with E-state index in [9.17, 15) is 9.59 Å². The number of benzene rings is 4. The Labute approximate surface area is 223 Å². The van der Waals surface area contributed by atoms with Crippen molar-refractivity contribution in [2.45, 2.75) is 0 Å². The molecule has 0 saturated carbocycles. The molecule has 1 aliphatic heterocycles. The fourth-order valence-corrected chi connectivity index (χ4v) is 4.81. The summed E-state index contributed by atoms with van der Waals surface area (Å²) in [5.41, 5.74) is 10.0. The zero-order valence-corrected chi connectivity index (χ0v) is 20.8. The first-order valence-electron chi connectivity index (χ1n) is 11.9. The zero-order chi connectivity index (χ0) is 26.3. The maximum atomic E-state index is 13.3. The number of fused-ring (bicyclic) bond motifs is 1. The van der Waals surface area contributed by atoms with E-state index in [1.165, 1.54) is 0 Å². The molecule has 6 rings (SSSR count). The van der Waals surface area contributed by atoms with Crippen LogP contribution in [0, 0.1) is 0 Å². The van der Waals surface area contributed by atoms with E-state index in [4.69, 9.17) is 22.3 Å². The predicted molar refractivity (Wildman–Crippen MR) is 151 cm³/mol. The molecule has 0 radical (unpaired) electrons. The van der Waals surface area contributed by atoms with Crippen molar-refractivity contribution in [3.8, 4) is 22.5 Å². The van der Waals surface area contributed by atoms with Gasteiger partial charge in [0.05, 0.1) is 0 Å². The van der Waals surface area contributed by atoms with E-state index in [-0.39, 0.29) is 15.7 Å². The number of hydrogen-bond donors (Lipinski definition) is 2. The highest BCUT2D eigenvalue weighted by atomic mass is 35.5. The number of halogens is 1. The Morgan fingerprint density at radius 2 is 1.47 bits per heavy atom. The molecule has 38 heavy (non-hydrogen) atoms. The topological polar surface area (TPSA) is 101 Å². The quantitative estimate of drug-likeness (QED) is 0.260. The number of aromatic amines is 1. The van der Waals surface area contributed by atoms with Gasteiger partial charge in [-0.3, -0.25) is 9.59 Å². The van der Waals surface area contributed by atoms with Crippen molar-refractivity contribution < 1.29 is 4.79 Å². The SMILES string of the molecule is NC(=O)c1cccc([N+]2(c3ccc(Cl)cc3)C=Nc3c2nc(-c2ccc(-c4ccccc4)cc2)[nH]c3=O)c1. The van der Waals surface area contributed by atoms with E-state index in [1.807, 2.05) is 72.8 Å². The average Bonchev–Trinajstić information content (AvgIpc) is 3.35. The normalized spacial score (nSPS) is 15.8. The molecule has 0 bridgehead atoms. The van der Waals surface area contributed by atoms with Crippen LogP contribution >= 0.6 is 11.6 Å². The summed E-state index contributed by atoms with van der Waals surface area (Å²) in [5.74, 6) is 0.247. The molecule has 5 aromatic rings. The molecular formula is C30H21ClN5O2+. The monoisotopic (exact) mass is 518 g/mol. The van der Waals surface area contributed by atoms with Crippen LogP contribution in [0.3, 0.4) is 0 Å². The Morgan fingerprint density at radius 1 is 0.789 bits per heavy atom. The number of amides is 1. The second-order valence-corrected chi connectivity index (χ2v) is 9.32. The van der Waals surface area contributed by atoms with Gasteiger partial charge in [-0.15, -0.1) is 0 Å². The molecular weight excluding hydrogens is 498 g/mol. The van der Waals surface area contributed by atoms with Gasteiger partial charge >= 0.3 is 0 Å². The molecule has 1 atom stereocenters. The zero-order valence-electron chi connectivity index (χ0n) is 20.0. The van der Waals surface area contributed by atoms with Gasteiger partial charge in [-0.05, 0) is 29.3 Å². The predicted octanol–water partition coefficient (Wildman–Crippen LogP) is 6.50. The molecule has 1 unspecified atom stereocenters. The standard InChI is InChI=1S/C30H20ClN5O2/c31-23-13-15-24(16-14-23)36(25-8-4-7-22(17-25)27(32)37)18-33-26-29(36)34-28(35-30(26)38)21-11-9-20(10-12-21)19-5-2-1-3-6-19/h1-18H,(H2-,32,34,35,37,38)/p+1. The van der Waals surface area contributed by atoms with Gasteiger partial charge in [0.2, 0.25) is 17.9 Å². The van der Waals surface area contributed by atoms with Gasteiger partial charge in [0.15, 0.2) is 5.69 Å². The molecule has 0 aliphatic carbocycles. The van der Waals surface area contributed by atoms with Crippen LogP contribution in [0.25, 0.3) is 22.5 Å². The van der Waals surface area contributed by atoms with Crippen LogP contribution in [0.1, 0.15) is 10.4 Å². The maximum absolute atomic E-state index is 13.3. The van der Waals surface area contributed by atoms with Gasteiger partial charge in [0, 0.05) is 40.4 Å². The smallest absolute Gasteiger partial charge is 0.283 e. The Balaban J connectivity index is 1.54. The van der Waals surface area contributed by atoms with Crippen LogP contribution < -0.4 is 15.8 Å². The lowest BCUT2D eigenvalue weighted by Gasteiger charge is -2.29. The van der Waals surface area contributed by atoms with Crippen molar-refractivity contribution in [2.75, 3.05) is 0 Å². The first kappa shape index (κ1) is 23.5. The van der Waals surface area contributed by atoms with Crippen LogP contribution in [0.4, 0.5) is 22.9 Å². The molecule has 1 amide bonds. The summed E-state index contributed by atoms with van der Waals surface area (Å²) in [6.07, 6.45) is 1.64. The van der Waals surface area contributed by atoms with Crippen molar-refractivity contribution in [1.29, 1.82) is 0 Å². The Kier molecular flexibility index (Phi) is 5.72. The number of quaternary nitrogens is 1. The minimum Gasteiger partial charge on any atom is -0.366 e. The lowest BCUT2D eigenvalue weighted by atomic mass is 10.0. The number of nitrogens with zero attached hydrogens (tertiary/aromatic N) is 3. The molecule has 7 nitrogen and oxygen atoms in total.